The first-order valence-electron chi connectivity index (χ1n) is 9.46. The van der Waals surface area contributed by atoms with Gasteiger partial charge >= 0.3 is 6.03 Å². The normalized spacial score (nSPS) is 20.5. The zero-order valence-corrected chi connectivity index (χ0v) is 15.4. The predicted octanol–water partition coefficient (Wildman–Crippen LogP) is 1.51. The number of nitrogens with one attached hydrogen (secondary N) is 2. The van der Waals surface area contributed by atoms with Crippen LogP contribution in [0.3, 0.4) is 0 Å². The van der Waals surface area contributed by atoms with E-state index in [-0.39, 0.29) is 17.6 Å². The molecule has 6 nitrogen and oxygen atoms in total. The maximum atomic E-state index is 12.2. The molecule has 1 saturated carbocycles. The van der Waals surface area contributed by atoms with Crippen LogP contribution < -0.4 is 16.2 Å². The van der Waals surface area contributed by atoms with Crippen LogP contribution >= 0.6 is 0 Å². The van der Waals surface area contributed by atoms with Gasteiger partial charge in [-0.05, 0) is 51.8 Å². The number of carbonyl (C=O) groups is 1. The van der Waals surface area contributed by atoms with E-state index >= 15 is 0 Å². The summed E-state index contributed by atoms with van der Waals surface area (Å²) in [4.78, 5) is 26.5. The van der Waals surface area contributed by atoms with Crippen LogP contribution in [0.4, 0.5) is 4.79 Å². The Kier molecular flexibility index (Phi) is 5.78. The predicted molar refractivity (Wildman–Crippen MR) is 99.0 cm³/mol. The molecule has 0 saturated heterocycles. The Morgan fingerprint density at radius 2 is 1.88 bits per heavy atom. The fourth-order valence-corrected chi connectivity index (χ4v) is 3.98. The van der Waals surface area contributed by atoms with Gasteiger partial charge in [0.25, 0.3) is 5.56 Å². The van der Waals surface area contributed by atoms with Gasteiger partial charge in [0.1, 0.15) is 0 Å². The van der Waals surface area contributed by atoms with Gasteiger partial charge in [0, 0.05) is 36.9 Å². The average Bonchev–Trinajstić information content (AvgIpc) is 3.06. The minimum Gasteiger partial charge on any atom is -0.335 e. The van der Waals surface area contributed by atoms with Crippen molar-refractivity contribution >= 4 is 6.03 Å². The molecule has 2 N–H and O–H groups in total. The number of urea groups is 1. The number of aromatic nitrogens is 1. The molecule has 0 aromatic carbocycles. The number of rotatable bonds is 5. The minimum atomic E-state index is -0.0405. The van der Waals surface area contributed by atoms with E-state index in [1.54, 1.807) is 6.07 Å². The van der Waals surface area contributed by atoms with E-state index < -0.39 is 0 Å². The topological polar surface area (TPSA) is 66.4 Å². The highest BCUT2D eigenvalue weighted by Crippen LogP contribution is 2.21. The molecule has 0 spiro atoms. The number of hydrogen-bond donors (Lipinski definition) is 2. The van der Waals surface area contributed by atoms with Crippen molar-refractivity contribution in [3.63, 3.8) is 0 Å². The lowest BCUT2D eigenvalue weighted by molar-refractivity contribution is 0.231. The van der Waals surface area contributed by atoms with E-state index in [2.05, 4.69) is 15.5 Å². The van der Waals surface area contributed by atoms with E-state index in [1.165, 1.54) is 18.4 Å². The number of pyridine rings is 1. The van der Waals surface area contributed by atoms with Gasteiger partial charge in [0.05, 0.1) is 0 Å². The Morgan fingerprint density at radius 1 is 1.16 bits per heavy atom. The summed E-state index contributed by atoms with van der Waals surface area (Å²) in [6.07, 6.45) is 7.15. The molecule has 0 aliphatic heterocycles. The highest BCUT2D eigenvalue weighted by Gasteiger charge is 2.24. The molecule has 1 heterocycles. The first-order valence-corrected chi connectivity index (χ1v) is 9.46. The maximum absolute atomic E-state index is 12.2. The Bertz CT molecular complexity index is 662. The van der Waals surface area contributed by atoms with E-state index in [0.29, 0.717) is 6.04 Å². The van der Waals surface area contributed by atoms with E-state index in [1.807, 2.05) is 24.7 Å². The number of carbonyl (C=O) groups excluding carboxylic acids is 1. The van der Waals surface area contributed by atoms with Gasteiger partial charge in [0.2, 0.25) is 0 Å². The summed E-state index contributed by atoms with van der Waals surface area (Å²) < 4.78 is 1.91. The summed E-state index contributed by atoms with van der Waals surface area (Å²) in [7, 11) is 4.03. The second-order valence-electron chi connectivity index (χ2n) is 7.64. The lowest BCUT2D eigenvalue weighted by atomic mass is 9.91. The summed E-state index contributed by atoms with van der Waals surface area (Å²) in [5.74, 6) is 0. The van der Waals surface area contributed by atoms with Crippen molar-refractivity contribution in [3.05, 3.63) is 33.7 Å². The van der Waals surface area contributed by atoms with Gasteiger partial charge in [-0.3, -0.25) is 4.79 Å². The Labute approximate surface area is 149 Å². The summed E-state index contributed by atoms with van der Waals surface area (Å²) in [5.41, 5.74) is 2.41. The summed E-state index contributed by atoms with van der Waals surface area (Å²) in [6.45, 7) is 1.57. The Hall–Kier alpha value is -1.82. The largest absolute Gasteiger partial charge is 0.335 e. The van der Waals surface area contributed by atoms with Crippen LogP contribution in [-0.2, 0) is 19.4 Å². The smallest absolute Gasteiger partial charge is 0.315 e. The van der Waals surface area contributed by atoms with Crippen molar-refractivity contribution in [2.45, 2.75) is 63.6 Å². The van der Waals surface area contributed by atoms with Gasteiger partial charge in [-0.1, -0.05) is 18.9 Å². The van der Waals surface area contributed by atoms with Crippen LogP contribution in [0.2, 0.25) is 0 Å². The molecule has 1 aromatic heterocycles. The van der Waals surface area contributed by atoms with Crippen molar-refractivity contribution in [1.82, 2.24) is 20.1 Å². The van der Waals surface area contributed by atoms with Crippen LogP contribution in [-0.4, -0.2) is 48.2 Å². The van der Waals surface area contributed by atoms with Crippen molar-refractivity contribution in [3.8, 4) is 0 Å². The first-order chi connectivity index (χ1) is 12.0. The van der Waals surface area contributed by atoms with E-state index in [4.69, 9.17) is 0 Å². The van der Waals surface area contributed by atoms with E-state index in [0.717, 1.165) is 50.9 Å². The molecular formula is C19H30N4O2. The average molecular weight is 346 g/mol. The van der Waals surface area contributed by atoms with Gasteiger partial charge in [-0.2, -0.15) is 0 Å². The third kappa shape index (κ3) is 4.63. The fourth-order valence-electron chi connectivity index (χ4n) is 3.98. The molecule has 2 aliphatic carbocycles. The number of hydrogen-bond acceptors (Lipinski definition) is 3. The summed E-state index contributed by atoms with van der Waals surface area (Å²) >= 11 is 0. The first kappa shape index (κ1) is 18.0. The molecule has 0 radical (unpaired) electrons. The molecule has 2 amide bonds. The van der Waals surface area contributed by atoms with Gasteiger partial charge < -0.3 is 20.1 Å². The SMILES string of the molecule is CN(C)CCn1c2c(ccc1=O)C[C@@H](NC(=O)NC1CCCC1)CC2. The van der Waals surface area contributed by atoms with Crippen molar-refractivity contribution in [2.75, 3.05) is 20.6 Å². The summed E-state index contributed by atoms with van der Waals surface area (Å²) in [5, 5.41) is 6.22. The molecule has 1 aromatic rings. The minimum absolute atomic E-state index is 0.0405. The van der Waals surface area contributed by atoms with Crippen LogP contribution in [0.15, 0.2) is 16.9 Å². The van der Waals surface area contributed by atoms with Gasteiger partial charge in [-0.15, -0.1) is 0 Å². The summed E-state index contributed by atoms with van der Waals surface area (Å²) in [6, 6.07) is 4.05. The third-order valence-corrected chi connectivity index (χ3v) is 5.38. The molecule has 1 fully saturated rings. The molecule has 0 unspecified atom stereocenters. The van der Waals surface area contributed by atoms with Crippen LogP contribution in [0.5, 0.6) is 0 Å². The zero-order chi connectivity index (χ0) is 17.8. The molecule has 3 rings (SSSR count). The van der Waals surface area contributed by atoms with Crippen molar-refractivity contribution in [2.24, 2.45) is 0 Å². The third-order valence-electron chi connectivity index (χ3n) is 5.38. The Balaban J connectivity index is 1.62. The molecule has 0 bridgehead atoms. The lowest BCUT2D eigenvalue weighted by Gasteiger charge is -2.28. The number of likely N-dealkylation sites (N-methyl/N-ethyl adjacent to an activating group) is 1. The quantitative estimate of drug-likeness (QED) is 0.849. The highest BCUT2D eigenvalue weighted by atomic mass is 16.2. The van der Waals surface area contributed by atoms with E-state index in [9.17, 15) is 9.59 Å². The van der Waals surface area contributed by atoms with Gasteiger partial charge in [-0.25, -0.2) is 4.79 Å². The van der Waals surface area contributed by atoms with Gasteiger partial charge in [0.15, 0.2) is 0 Å². The van der Waals surface area contributed by atoms with Crippen molar-refractivity contribution in [1.29, 1.82) is 0 Å². The van der Waals surface area contributed by atoms with Crippen LogP contribution in [0.25, 0.3) is 0 Å². The maximum Gasteiger partial charge on any atom is 0.315 e. The molecular weight excluding hydrogens is 316 g/mol. The molecule has 1 atom stereocenters. The second-order valence-corrected chi connectivity index (χ2v) is 7.64. The number of amides is 2. The molecule has 138 valence electrons. The van der Waals surface area contributed by atoms with Crippen molar-refractivity contribution < 1.29 is 4.79 Å². The molecule has 6 heteroatoms. The molecule has 2 aliphatic rings. The van der Waals surface area contributed by atoms with Crippen LogP contribution in [0.1, 0.15) is 43.4 Å². The lowest BCUT2D eigenvalue weighted by Crippen LogP contribution is -2.47. The van der Waals surface area contributed by atoms with Crippen LogP contribution in [0, 0.1) is 0 Å². The second kappa shape index (κ2) is 8.04. The number of nitrogens with zero attached hydrogens (tertiary/aromatic N) is 2. The highest BCUT2D eigenvalue weighted by molar-refractivity contribution is 5.74. The standard InChI is InChI=1S/C19H30N4O2/c1-22(2)11-12-23-17-9-8-16(13-14(17)7-10-18(23)24)21-19(25)20-15-5-3-4-6-15/h7,10,15-16H,3-6,8-9,11-13H2,1-2H3,(H2,20,21,25)/t16-/m0/s1. The fraction of sp³-hybridized carbons (Fsp3) is 0.684. The zero-order valence-electron chi connectivity index (χ0n) is 15.4. The molecule has 25 heavy (non-hydrogen) atoms. The Morgan fingerprint density at radius 3 is 2.60 bits per heavy atom. The monoisotopic (exact) mass is 346 g/mol. The number of fused-ring (bicyclic) bond motifs is 1.